The highest BCUT2D eigenvalue weighted by Gasteiger charge is 2.23. The Labute approximate surface area is 126 Å². The summed E-state index contributed by atoms with van der Waals surface area (Å²) in [4.78, 5) is 27.3. The lowest BCUT2D eigenvalue weighted by atomic mass is 9.99. The Morgan fingerprint density at radius 2 is 1.95 bits per heavy atom. The van der Waals surface area contributed by atoms with E-state index in [4.69, 9.17) is 4.42 Å². The number of rotatable bonds is 5. The summed E-state index contributed by atoms with van der Waals surface area (Å²) in [5, 5.41) is 11.8. The molecule has 0 saturated heterocycles. The molecule has 1 aromatic heterocycles. The summed E-state index contributed by atoms with van der Waals surface area (Å²) < 4.78 is 18.1. The summed E-state index contributed by atoms with van der Waals surface area (Å²) in [5.74, 6) is -2.67. The third kappa shape index (κ3) is 3.49. The highest BCUT2D eigenvalue weighted by molar-refractivity contribution is 5.92. The second kappa shape index (κ2) is 6.38. The number of carbonyl (C=O) groups is 2. The molecule has 1 atom stereocenters. The van der Waals surface area contributed by atoms with Crippen molar-refractivity contribution < 1.29 is 23.5 Å². The van der Waals surface area contributed by atoms with Crippen LogP contribution in [0.1, 0.15) is 33.6 Å². The number of hydrogen-bond donors (Lipinski definition) is 2. The maximum absolute atomic E-state index is 12.9. The molecule has 1 aromatic carbocycles. The minimum Gasteiger partial charge on any atom is -0.481 e. The van der Waals surface area contributed by atoms with Crippen molar-refractivity contribution in [3.63, 3.8) is 0 Å². The molecule has 2 N–H and O–H groups in total. The van der Waals surface area contributed by atoms with E-state index < -0.39 is 23.6 Å². The van der Waals surface area contributed by atoms with Crippen LogP contribution in [0, 0.1) is 19.7 Å². The Morgan fingerprint density at radius 1 is 1.32 bits per heavy atom. The highest BCUT2D eigenvalue weighted by atomic mass is 19.1. The van der Waals surface area contributed by atoms with E-state index in [1.54, 1.807) is 13.8 Å². The molecule has 2 aromatic rings. The summed E-state index contributed by atoms with van der Waals surface area (Å²) in [6.07, 6.45) is 0. The minimum atomic E-state index is -1.11. The molecule has 1 unspecified atom stereocenters. The largest absolute Gasteiger partial charge is 0.481 e. The van der Waals surface area contributed by atoms with Gasteiger partial charge in [-0.3, -0.25) is 9.59 Å². The minimum absolute atomic E-state index is 0.0562. The summed E-state index contributed by atoms with van der Waals surface area (Å²) in [6, 6.07) is 5.11. The summed E-state index contributed by atoms with van der Waals surface area (Å²) in [6.45, 7) is 3.10. The number of benzene rings is 1. The normalized spacial score (nSPS) is 12.0. The summed E-state index contributed by atoms with van der Waals surface area (Å²) in [7, 11) is 0. The molecule has 0 aliphatic rings. The molecule has 0 saturated carbocycles. The van der Waals surface area contributed by atoms with Crippen LogP contribution < -0.4 is 5.32 Å². The van der Waals surface area contributed by atoms with E-state index in [0.717, 1.165) is 0 Å². The average molecular weight is 306 g/mol. The predicted octanol–water partition coefficient (Wildman–Crippen LogP) is 2.03. The van der Waals surface area contributed by atoms with Gasteiger partial charge in [-0.2, -0.15) is 0 Å². The first kappa shape index (κ1) is 15.7. The number of nitrogens with zero attached hydrogens (tertiary/aromatic N) is 1. The molecule has 0 radical (unpaired) electrons. The van der Waals surface area contributed by atoms with Crippen molar-refractivity contribution in [2.45, 2.75) is 19.8 Å². The van der Waals surface area contributed by atoms with Crippen LogP contribution in [-0.4, -0.2) is 28.5 Å². The Bertz CT molecular complexity index is 694. The van der Waals surface area contributed by atoms with Crippen molar-refractivity contribution in [3.8, 4) is 0 Å². The fourth-order valence-corrected chi connectivity index (χ4v) is 2.06. The highest BCUT2D eigenvalue weighted by Crippen LogP contribution is 2.17. The fraction of sp³-hybridized carbons (Fsp3) is 0.267. The first-order valence-corrected chi connectivity index (χ1v) is 6.59. The quantitative estimate of drug-likeness (QED) is 0.881. The number of carbonyl (C=O) groups excluding carboxylic acids is 1. The molecule has 2 rings (SSSR count). The second-order valence-electron chi connectivity index (χ2n) is 4.80. The van der Waals surface area contributed by atoms with E-state index in [-0.39, 0.29) is 12.3 Å². The molecule has 6 nitrogen and oxygen atoms in total. The number of carboxylic acid groups (broad SMARTS) is 1. The lowest BCUT2D eigenvalue weighted by molar-refractivity contribution is -0.138. The number of amides is 1. The number of aliphatic carboxylic acids is 1. The van der Waals surface area contributed by atoms with Crippen molar-refractivity contribution in [1.29, 1.82) is 0 Å². The van der Waals surface area contributed by atoms with E-state index >= 15 is 0 Å². The molecule has 0 fully saturated rings. The molecule has 22 heavy (non-hydrogen) atoms. The van der Waals surface area contributed by atoms with Gasteiger partial charge in [0.15, 0.2) is 5.89 Å². The molecular weight excluding hydrogens is 291 g/mol. The van der Waals surface area contributed by atoms with Gasteiger partial charge in [0.1, 0.15) is 5.82 Å². The number of aromatic nitrogens is 1. The Balaban J connectivity index is 2.09. The maximum atomic E-state index is 12.9. The van der Waals surface area contributed by atoms with Gasteiger partial charge in [-0.1, -0.05) is 12.1 Å². The molecule has 0 aliphatic carbocycles. The van der Waals surface area contributed by atoms with Gasteiger partial charge in [-0.25, -0.2) is 9.37 Å². The number of hydrogen-bond acceptors (Lipinski definition) is 4. The fourth-order valence-electron chi connectivity index (χ4n) is 2.06. The van der Waals surface area contributed by atoms with Crippen LogP contribution in [-0.2, 0) is 4.79 Å². The SMILES string of the molecule is Cc1nc(C)c(C(=O)NCC(C(=O)O)c2ccc(F)cc2)o1. The van der Waals surface area contributed by atoms with Gasteiger partial charge in [0, 0.05) is 13.5 Å². The zero-order chi connectivity index (χ0) is 16.3. The lowest BCUT2D eigenvalue weighted by Crippen LogP contribution is -2.31. The smallest absolute Gasteiger partial charge is 0.312 e. The maximum Gasteiger partial charge on any atom is 0.312 e. The summed E-state index contributed by atoms with van der Waals surface area (Å²) >= 11 is 0. The molecule has 1 heterocycles. The second-order valence-corrected chi connectivity index (χ2v) is 4.80. The van der Waals surface area contributed by atoms with Crippen molar-refractivity contribution in [2.24, 2.45) is 0 Å². The van der Waals surface area contributed by atoms with Crippen LogP contribution in [0.2, 0.25) is 0 Å². The van der Waals surface area contributed by atoms with E-state index in [9.17, 15) is 19.1 Å². The van der Waals surface area contributed by atoms with Crippen molar-refractivity contribution >= 4 is 11.9 Å². The molecule has 0 aliphatic heterocycles. The van der Waals surface area contributed by atoms with Gasteiger partial charge in [-0.05, 0) is 24.6 Å². The first-order valence-electron chi connectivity index (χ1n) is 6.59. The zero-order valence-electron chi connectivity index (χ0n) is 12.1. The number of aryl methyl sites for hydroxylation is 2. The van der Waals surface area contributed by atoms with E-state index in [0.29, 0.717) is 17.1 Å². The molecular formula is C15H15FN2O4. The van der Waals surface area contributed by atoms with Crippen LogP contribution >= 0.6 is 0 Å². The van der Waals surface area contributed by atoms with Crippen LogP contribution in [0.25, 0.3) is 0 Å². The topological polar surface area (TPSA) is 92.4 Å². The van der Waals surface area contributed by atoms with E-state index in [2.05, 4.69) is 10.3 Å². The molecule has 0 bridgehead atoms. The number of oxazole rings is 1. The van der Waals surface area contributed by atoms with Crippen LogP contribution in [0.3, 0.4) is 0 Å². The van der Waals surface area contributed by atoms with Gasteiger partial charge in [-0.15, -0.1) is 0 Å². The van der Waals surface area contributed by atoms with Crippen LogP contribution in [0.4, 0.5) is 4.39 Å². The molecule has 116 valence electrons. The molecule has 0 spiro atoms. The summed E-state index contributed by atoms with van der Waals surface area (Å²) in [5.41, 5.74) is 0.836. The van der Waals surface area contributed by atoms with Gasteiger partial charge < -0.3 is 14.8 Å². The van der Waals surface area contributed by atoms with Crippen LogP contribution in [0.5, 0.6) is 0 Å². The number of carboxylic acids is 1. The Kier molecular flexibility index (Phi) is 4.55. The molecule has 7 heteroatoms. The Hall–Kier alpha value is -2.70. The van der Waals surface area contributed by atoms with E-state index in [1.165, 1.54) is 24.3 Å². The first-order chi connectivity index (χ1) is 10.4. The van der Waals surface area contributed by atoms with Gasteiger partial charge in [0.25, 0.3) is 5.91 Å². The van der Waals surface area contributed by atoms with Gasteiger partial charge in [0.2, 0.25) is 5.76 Å². The van der Waals surface area contributed by atoms with E-state index in [1.807, 2.05) is 0 Å². The lowest BCUT2D eigenvalue weighted by Gasteiger charge is -2.13. The predicted molar refractivity (Wildman–Crippen MR) is 75.1 cm³/mol. The van der Waals surface area contributed by atoms with Crippen LogP contribution in [0.15, 0.2) is 28.7 Å². The molecule has 1 amide bonds. The van der Waals surface area contributed by atoms with Gasteiger partial charge in [0.05, 0.1) is 11.6 Å². The van der Waals surface area contributed by atoms with Crippen molar-refractivity contribution in [3.05, 3.63) is 53.0 Å². The van der Waals surface area contributed by atoms with Crippen molar-refractivity contribution in [1.82, 2.24) is 10.3 Å². The standard InChI is InChI=1S/C15H15FN2O4/c1-8-13(22-9(2)18-8)14(19)17-7-12(15(20)21)10-3-5-11(16)6-4-10/h3-6,12H,7H2,1-2H3,(H,17,19)(H,20,21). The third-order valence-corrected chi connectivity index (χ3v) is 3.15. The van der Waals surface area contributed by atoms with Gasteiger partial charge >= 0.3 is 5.97 Å². The zero-order valence-corrected chi connectivity index (χ0v) is 12.1. The third-order valence-electron chi connectivity index (χ3n) is 3.15. The Morgan fingerprint density at radius 3 is 2.45 bits per heavy atom. The van der Waals surface area contributed by atoms with Crippen molar-refractivity contribution in [2.75, 3.05) is 6.54 Å². The number of halogens is 1. The average Bonchev–Trinajstić information content (AvgIpc) is 2.79. The number of nitrogens with one attached hydrogen (secondary N) is 1. The monoisotopic (exact) mass is 306 g/mol.